The number of nitrogens with zero attached hydrogens (tertiary/aromatic N) is 3. The molecule has 0 amide bonds. The summed E-state index contributed by atoms with van der Waals surface area (Å²) in [6, 6.07) is 13.7. The summed E-state index contributed by atoms with van der Waals surface area (Å²) in [4.78, 5) is 16.8. The minimum Gasteiger partial charge on any atom is -0.368 e. The van der Waals surface area contributed by atoms with E-state index in [4.69, 9.17) is 0 Å². The molecular weight excluding hydrogens is 282 g/mol. The SMILES string of the molecule is CCN1c2ccccc2N=C(c2cccc([N+](=O)[O-])c2)C1O. The van der Waals surface area contributed by atoms with Crippen LogP contribution in [0.4, 0.5) is 17.1 Å². The fourth-order valence-electron chi connectivity index (χ4n) is 2.60. The molecule has 0 radical (unpaired) electrons. The van der Waals surface area contributed by atoms with Gasteiger partial charge in [0.25, 0.3) is 5.69 Å². The highest BCUT2D eigenvalue weighted by Crippen LogP contribution is 2.35. The number of fused-ring (bicyclic) bond motifs is 1. The number of para-hydroxylation sites is 2. The highest BCUT2D eigenvalue weighted by molar-refractivity contribution is 6.09. The standard InChI is InChI=1S/C16H15N3O3/c1-2-18-14-9-4-3-8-13(14)17-15(16(18)20)11-6-5-7-12(10-11)19(21)22/h3-10,16,20H,2H2,1H3. The van der Waals surface area contributed by atoms with Crippen LogP contribution in [0.15, 0.2) is 53.5 Å². The number of rotatable bonds is 3. The number of nitro benzene ring substituents is 1. The third-order valence-electron chi connectivity index (χ3n) is 3.67. The second kappa shape index (κ2) is 5.57. The summed E-state index contributed by atoms with van der Waals surface area (Å²) in [7, 11) is 0. The summed E-state index contributed by atoms with van der Waals surface area (Å²) in [6.45, 7) is 2.54. The van der Waals surface area contributed by atoms with E-state index in [0.717, 1.165) is 11.4 Å². The van der Waals surface area contributed by atoms with Crippen LogP contribution in [0, 0.1) is 10.1 Å². The predicted molar refractivity (Wildman–Crippen MR) is 84.8 cm³/mol. The molecule has 1 aliphatic heterocycles. The van der Waals surface area contributed by atoms with Crippen LogP contribution in [0.3, 0.4) is 0 Å². The molecule has 0 bridgehead atoms. The second-order valence-electron chi connectivity index (χ2n) is 4.95. The lowest BCUT2D eigenvalue weighted by Gasteiger charge is -2.34. The Morgan fingerprint density at radius 1 is 1.27 bits per heavy atom. The number of hydrogen-bond donors (Lipinski definition) is 1. The molecule has 6 heteroatoms. The Morgan fingerprint density at radius 3 is 2.77 bits per heavy atom. The second-order valence-corrected chi connectivity index (χ2v) is 4.95. The molecule has 1 heterocycles. The molecule has 0 saturated heterocycles. The van der Waals surface area contributed by atoms with Gasteiger partial charge in [-0.25, -0.2) is 4.99 Å². The van der Waals surface area contributed by atoms with Gasteiger partial charge in [0.05, 0.1) is 22.0 Å². The fraction of sp³-hybridized carbons (Fsp3) is 0.188. The van der Waals surface area contributed by atoms with Gasteiger partial charge in [-0.3, -0.25) is 10.1 Å². The van der Waals surface area contributed by atoms with E-state index in [2.05, 4.69) is 4.99 Å². The molecule has 0 spiro atoms. The van der Waals surface area contributed by atoms with Gasteiger partial charge in [0, 0.05) is 24.2 Å². The average Bonchev–Trinajstić information content (AvgIpc) is 2.54. The van der Waals surface area contributed by atoms with Gasteiger partial charge < -0.3 is 10.0 Å². The Balaban J connectivity index is 2.13. The molecule has 0 saturated carbocycles. The Bertz CT molecular complexity index is 758. The highest BCUT2D eigenvalue weighted by Gasteiger charge is 2.28. The van der Waals surface area contributed by atoms with E-state index in [1.807, 2.05) is 36.1 Å². The lowest BCUT2D eigenvalue weighted by atomic mass is 10.0. The summed E-state index contributed by atoms with van der Waals surface area (Å²) in [5.74, 6) is 0. The summed E-state index contributed by atoms with van der Waals surface area (Å²) in [6.07, 6.45) is -0.929. The van der Waals surface area contributed by atoms with E-state index >= 15 is 0 Å². The lowest BCUT2D eigenvalue weighted by molar-refractivity contribution is -0.384. The van der Waals surface area contributed by atoms with Gasteiger partial charge in [-0.1, -0.05) is 24.3 Å². The molecule has 1 atom stereocenters. The molecule has 0 aromatic heterocycles. The van der Waals surface area contributed by atoms with E-state index in [9.17, 15) is 15.2 Å². The predicted octanol–water partition coefficient (Wildman–Crippen LogP) is 2.87. The van der Waals surface area contributed by atoms with Crippen molar-refractivity contribution in [3.05, 3.63) is 64.2 Å². The Morgan fingerprint density at radius 2 is 2.05 bits per heavy atom. The number of nitro groups is 1. The van der Waals surface area contributed by atoms with Gasteiger partial charge in [0.1, 0.15) is 0 Å². The average molecular weight is 297 g/mol. The maximum atomic E-state index is 10.9. The van der Waals surface area contributed by atoms with Crippen LogP contribution in [-0.4, -0.2) is 28.5 Å². The third-order valence-corrected chi connectivity index (χ3v) is 3.67. The number of aliphatic hydroxyl groups excluding tert-OH is 1. The molecule has 1 N–H and O–H groups in total. The zero-order valence-corrected chi connectivity index (χ0v) is 12.0. The molecule has 1 aliphatic rings. The van der Waals surface area contributed by atoms with Gasteiger partial charge in [-0.05, 0) is 19.1 Å². The molecule has 1 unspecified atom stereocenters. The quantitative estimate of drug-likeness (QED) is 0.698. The van der Waals surface area contributed by atoms with Gasteiger partial charge in [0.2, 0.25) is 0 Å². The molecule has 3 rings (SSSR count). The Hall–Kier alpha value is -2.73. The summed E-state index contributed by atoms with van der Waals surface area (Å²) >= 11 is 0. The number of likely N-dealkylation sites (N-methyl/N-ethyl adjacent to an activating group) is 1. The van der Waals surface area contributed by atoms with Crippen molar-refractivity contribution in [3.63, 3.8) is 0 Å². The molecule has 6 nitrogen and oxygen atoms in total. The maximum absolute atomic E-state index is 10.9. The first kappa shape index (κ1) is 14.2. The summed E-state index contributed by atoms with van der Waals surface area (Å²) in [5.41, 5.74) is 2.55. The van der Waals surface area contributed by atoms with Crippen LogP contribution >= 0.6 is 0 Å². The van der Waals surface area contributed by atoms with Gasteiger partial charge in [-0.15, -0.1) is 0 Å². The molecular formula is C16H15N3O3. The maximum Gasteiger partial charge on any atom is 0.270 e. The molecule has 112 valence electrons. The Kier molecular flexibility index (Phi) is 3.60. The van der Waals surface area contributed by atoms with Crippen molar-refractivity contribution in [2.24, 2.45) is 4.99 Å². The smallest absolute Gasteiger partial charge is 0.270 e. The van der Waals surface area contributed by atoms with Crippen LogP contribution < -0.4 is 4.90 Å². The van der Waals surface area contributed by atoms with E-state index in [-0.39, 0.29) is 5.69 Å². The summed E-state index contributed by atoms with van der Waals surface area (Å²) < 4.78 is 0. The van der Waals surface area contributed by atoms with Crippen LogP contribution in [-0.2, 0) is 0 Å². The topological polar surface area (TPSA) is 79.0 Å². The first-order valence-corrected chi connectivity index (χ1v) is 6.99. The first-order chi connectivity index (χ1) is 10.6. The van der Waals surface area contributed by atoms with Gasteiger partial charge in [-0.2, -0.15) is 0 Å². The van der Waals surface area contributed by atoms with Crippen molar-refractivity contribution in [2.75, 3.05) is 11.4 Å². The number of aliphatic hydroxyl groups is 1. The fourth-order valence-corrected chi connectivity index (χ4v) is 2.60. The Labute approximate surface area is 127 Å². The van der Waals surface area contributed by atoms with Gasteiger partial charge >= 0.3 is 0 Å². The molecule has 0 fully saturated rings. The first-order valence-electron chi connectivity index (χ1n) is 6.99. The normalized spacial score (nSPS) is 16.9. The number of hydrogen-bond acceptors (Lipinski definition) is 5. The summed E-state index contributed by atoms with van der Waals surface area (Å²) in [5, 5.41) is 21.5. The number of aliphatic imine (C=N–C) groups is 1. The van der Waals surface area contributed by atoms with E-state index < -0.39 is 11.2 Å². The van der Waals surface area contributed by atoms with Crippen molar-refractivity contribution in [3.8, 4) is 0 Å². The van der Waals surface area contributed by atoms with Gasteiger partial charge in [0.15, 0.2) is 6.23 Å². The van der Waals surface area contributed by atoms with E-state index in [0.29, 0.717) is 17.8 Å². The van der Waals surface area contributed by atoms with Crippen molar-refractivity contribution >= 4 is 22.8 Å². The van der Waals surface area contributed by atoms with Crippen molar-refractivity contribution < 1.29 is 10.0 Å². The number of non-ortho nitro benzene ring substituents is 1. The monoisotopic (exact) mass is 297 g/mol. The van der Waals surface area contributed by atoms with Crippen LogP contribution in [0.5, 0.6) is 0 Å². The van der Waals surface area contributed by atoms with Crippen molar-refractivity contribution in [2.45, 2.75) is 13.2 Å². The molecule has 2 aromatic rings. The lowest BCUT2D eigenvalue weighted by Crippen LogP contribution is -2.43. The number of benzene rings is 2. The van der Waals surface area contributed by atoms with Crippen LogP contribution in [0.25, 0.3) is 0 Å². The van der Waals surface area contributed by atoms with E-state index in [1.165, 1.54) is 12.1 Å². The van der Waals surface area contributed by atoms with Crippen molar-refractivity contribution in [1.82, 2.24) is 0 Å². The molecule has 2 aromatic carbocycles. The minimum atomic E-state index is -0.929. The van der Waals surface area contributed by atoms with E-state index in [1.54, 1.807) is 12.1 Å². The van der Waals surface area contributed by atoms with Crippen LogP contribution in [0.2, 0.25) is 0 Å². The van der Waals surface area contributed by atoms with Crippen molar-refractivity contribution in [1.29, 1.82) is 0 Å². The third kappa shape index (κ3) is 2.33. The number of anilines is 1. The zero-order valence-electron chi connectivity index (χ0n) is 12.0. The van der Waals surface area contributed by atoms with Crippen LogP contribution in [0.1, 0.15) is 12.5 Å². The molecule has 22 heavy (non-hydrogen) atoms. The largest absolute Gasteiger partial charge is 0.368 e. The minimum absolute atomic E-state index is 0.0192. The highest BCUT2D eigenvalue weighted by atomic mass is 16.6. The molecule has 0 aliphatic carbocycles. The zero-order chi connectivity index (χ0) is 15.7.